The Bertz CT molecular complexity index is 715. The number of benzene rings is 1. The van der Waals surface area contributed by atoms with Crippen LogP contribution in [0.3, 0.4) is 0 Å². The van der Waals surface area contributed by atoms with Gasteiger partial charge in [0.1, 0.15) is 11.3 Å². The molecule has 2 heterocycles. The number of hydrogen-bond acceptors (Lipinski definition) is 4. The third-order valence-electron chi connectivity index (χ3n) is 3.64. The summed E-state index contributed by atoms with van der Waals surface area (Å²) in [5, 5.41) is 4.59. The van der Waals surface area contributed by atoms with Crippen LogP contribution in [-0.2, 0) is 6.54 Å². The van der Waals surface area contributed by atoms with Crippen molar-refractivity contribution in [1.82, 2.24) is 10.3 Å². The van der Waals surface area contributed by atoms with Gasteiger partial charge in [0.15, 0.2) is 0 Å². The normalized spacial score (nSPS) is 14.5. The van der Waals surface area contributed by atoms with Crippen molar-refractivity contribution in [1.29, 1.82) is 0 Å². The van der Waals surface area contributed by atoms with Crippen LogP contribution in [-0.4, -0.2) is 11.0 Å². The predicted octanol–water partition coefficient (Wildman–Crippen LogP) is 4.32. The van der Waals surface area contributed by atoms with Gasteiger partial charge in [-0.25, -0.2) is 4.98 Å². The van der Waals surface area contributed by atoms with E-state index in [4.69, 9.17) is 9.40 Å². The van der Waals surface area contributed by atoms with Gasteiger partial charge in [-0.2, -0.15) is 0 Å². The van der Waals surface area contributed by atoms with E-state index >= 15 is 0 Å². The number of rotatable bonds is 5. The first-order valence-electron chi connectivity index (χ1n) is 7.21. The first-order chi connectivity index (χ1) is 10.4. The van der Waals surface area contributed by atoms with E-state index in [2.05, 4.69) is 29.6 Å². The van der Waals surface area contributed by atoms with Gasteiger partial charge in [-0.15, -0.1) is 11.3 Å². The Balaban J connectivity index is 1.71. The van der Waals surface area contributed by atoms with Crippen molar-refractivity contribution in [3.05, 3.63) is 54.6 Å². The lowest BCUT2D eigenvalue weighted by Crippen LogP contribution is -2.16. The molecule has 2 aromatic heterocycles. The number of thiazole rings is 1. The molecule has 0 aliphatic heterocycles. The molecule has 0 saturated heterocycles. The predicted molar refractivity (Wildman–Crippen MR) is 85.1 cm³/mol. The van der Waals surface area contributed by atoms with Gasteiger partial charge in [0.05, 0.1) is 16.8 Å². The molecule has 1 fully saturated rings. The molecule has 0 spiro atoms. The van der Waals surface area contributed by atoms with Crippen molar-refractivity contribution in [2.75, 3.05) is 0 Å². The molecule has 106 valence electrons. The smallest absolute Gasteiger partial charge is 0.127 e. The van der Waals surface area contributed by atoms with E-state index in [0.717, 1.165) is 22.8 Å². The number of nitrogens with one attached hydrogen (secondary N) is 1. The fourth-order valence-corrected chi connectivity index (χ4v) is 3.40. The van der Waals surface area contributed by atoms with E-state index in [-0.39, 0.29) is 0 Å². The average Bonchev–Trinajstić information content (AvgIpc) is 3.03. The maximum atomic E-state index is 5.18. The van der Waals surface area contributed by atoms with Gasteiger partial charge in [-0.05, 0) is 24.5 Å². The maximum Gasteiger partial charge on any atom is 0.127 e. The molecule has 0 bridgehead atoms. The summed E-state index contributed by atoms with van der Waals surface area (Å²) >= 11 is 1.73. The molecule has 1 aliphatic carbocycles. The van der Waals surface area contributed by atoms with E-state index in [1.807, 2.05) is 12.1 Å². The lowest BCUT2D eigenvalue weighted by atomic mass is 10.1. The number of nitrogens with zero attached hydrogens (tertiary/aromatic N) is 1. The van der Waals surface area contributed by atoms with Gasteiger partial charge in [0, 0.05) is 18.2 Å². The number of furan rings is 1. The van der Waals surface area contributed by atoms with Crippen molar-refractivity contribution in [2.24, 2.45) is 0 Å². The molecule has 3 nitrogen and oxygen atoms in total. The van der Waals surface area contributed by atoms with Gasteiger partial charge in [0.2, 0.25) is 0 Å². The van der Waals surface area contributed by atoms with Gasteiger partial charge in [0.25, 0.3) is 0 Å². The first-order valence-corrected chi connectivity index (χ1v) is 8.03. The van der Waals surface area contributed by atoms with Crippen molar-refractivity contribution >= 4 is 11.3 Å². The Kier molecular flexibility index (Phi) is 3.33. The van der Waals surface area contributed by atoms with E-state index < -0.39 is 0 Å². The van der Waals surface area contributed by atoms with Crippen LogP contribution in [0.2, 0.25) is 0 Å². The Morgan fingerprint density at radius 3 is 2.71 bits per heavy atom. The fraction of sp³-hybridized carbons (Fsp3) is 0.235. The Morgan fingerprint density at radius 1 is 1.14 bits per heavy atom. The van der Waals surface area contributed by atoms with Crippen molar-refractivity contribution in [3.63, 3.8) is 0 Å². The van der Waals surface area contributed by atoms with Crippen LogP contribution in [0.1, 0.15) is 18.5 Å². The lowest BCUT2D eigenvalue weighted by molar-refractivity contribution is 0.568. The third kappa shape index (κ3) is 2.77. The zero-order valence-corrected chi connectivity index (χ0v) is 12.4. The second-order valence-corrected chi connectivity index (χ2v) is 6.33. The zero-order valence-electron chi connectivity index (χ0n) is 11.6. The third-order valence-corrected chi connectivity index (χ3v) is 4.83. The molecular weight excluding hydrogens is 280 g/mol. The monoisotopic (exact) mass is 296 g/mol. The molecule has 1 N–H and O–H groups in total. The van der Waals surface area contributed by atoms with E-state index in [1.165, 1.54) is 23.3 Å². The highest BCUT2D eigenvalue weighted by Crippen LogP contribution is 2.36. The van der Waals surface area contributed by atoms with Crippen LogP contribution >= 0.6 is 11.3 Å². The number of aromatic nitrogens is 1. The molecule has 1 aromatic carbocycles. The van der Waals surface area contributed by atoms with E-state index in [0.29, 0.717) is 6.04 Å². The zero-order chi connectivity index (χ0) is 14.1. The SMILES string of the molecule is c1ccc(-c2sc(-c3ccoc3)nc2CNC2CC2)cc1. The highest BCUT2D eigenvalue weighted by atomic mass is 32.1. The molecule has 4 heteroatoms. The van der Waals surface area contributed by atoms with Gasteiger partial charge in [-0.3, -0.25) is 0 Å². The minimum Gasteiger partial charge on any atom is -0.472 e. The minimum absolute atomic E-state index is 0.688. The summed E-state index contributed by atoms with van der Waals surface area (Å²) in [6.07, 6.45) is 6.03. The average molecular weight is 296 g/mol. The number of hydrogen-bond donors (Lipinski definition) is 1. The van der Waals surface area contributed by atoms with Crippen LogP contribution in [0.15, 0.2) is 53.3 Å². The van der Waals surface area contributed by atoms with Crippen LogP contribution < -0.4 is 5.32 Å². The van der Waals surface area contributed by atoms with Crippen LogP contribution in [0.25, 0.3) is 21.0 Å². The topological polar surface area (TPSA) is 38.1 Å². The first kappa shape index (κ1) is 12.8. The minimum atomic E-state index is 0.688. The fourth-order valence-electron chi connectivity index (χ4n) is 2.32. The summed E-state index contributed by atoms with van der Waals surface area (Å²) in [4.78, 5) is 6.07. The highest BCUT2D eigenvalue weighted by molar-refractivity contribution is 7.18. The molecule has 1 saturated carbocycles. The second kappa shape index (κ2) is 5.47. The van der Waals surface area contributed by atoms with Crippen molar-refractivity contribution in [3.8, 4) is 21.0 Å². The molecule has 0 amide bonds. The Morgan fingerprint density at radius 2 is 2.00 bits per heavy atom. The summed E-state index contributed by atoms with van der Waals surface area (Å²) in [7, 11) is 0. The van der Waals surface area contributed by atoms with Crippen LogP contribution in [0.4, 0.5) is 0 Å². The second-order valence-electron chi connectivity index (χ2n) is 5.33. The summed E-state index contributed by atoms with van der Waals surface area (Å²) in [5.74, 6) is 0. The van der Waals surface area contributed by atoms with E-state index in [1.54, 1.807) is 23.9 Å². The Hall–Kier alpha value is -1.91. The molecule has 0 radical (unpaired) electrons. The summed E-state index contributed by atoms with van der Waals surface area (Å²) in [6, 6.07) is 13.1. The van der Waals surface area contributed by atoms with Gasteiger partial charge in [-0.1, -0.05) is 30.3 Å². The summed E-state index contributed by atoms with van der Waals surface area (Å²) in [5.41, 5.74) is 3.42. The molecular formula is C17H16N2OS. The van der Waals surface area contributed by atoms with Crippen LogP contribution in [0, 0.1) is 0 Å². The quantitative estimate of drug-likeness (QED) is 0.762. The molecule has 0 atom stereocenters. The molecule has 21 heavy (non-hydrogen) atoms. The lowest BCUT2D eigenvalue weighted by Gasteiger charge is -2.03. The molecule has 4 rings (SSSR count). The van der Waals surface area contributed by atoms with Crippen molar-refractivity contribution < 1.29 is 4.42 Å². The summed E-state index contributed by atoms with van der Waals surface area (Å²) < 4.78 is 5.18. The highest BCUT2D eigenvalue weighted by Gasteiger charge is 2.22. The molecule has 3 aromatic rings. The van der Waals surface area contributed by atoms with Gasteiger partial charge >= 0.3 is 0 Å². The standard InChI is InChI=1S/C17H16N2OS/c1-2-4-12(5-3-1)16-15(10-18-14-6-7-14)19-17(21-16)13-8-9-20-11-13/h1-5,8-9,11,14,18H,6-7,10H2. The van der Waals surface area contributed by atoms with Crippen molar-refractivity contribution in [2.45, 2.75) is 25.4 Å². The summed E-state index contributed by atoms with van der Waals surface area (Å²) in [6.45, 7) is 0.837. The largest absolute Gasteiger partial charge is 0.472 e. The molecule has 0 unspecified atom stereocenters. The molecule has 1 aliphatic rings. The Labute approximate surface area is 127 Å². The maximum absolute atomic E-state index is 5.18. The van der Waals surface area contributed by atoms with Crippen LogP contribution in [0.5, 0.6) is 0 Å². The van der Waals surface area contributed by atoms with Gasteiger partial charge < -0.3 is 9.73 Å². The van der Waals surface area contributed by atoms with E-state index in [9.17, 15) is 0 Å².